The molecule has 0 spiro atoms. The molecule has 6 heteroatoms. The molecule has 0 atom stereocenters. The summed E-state index contributed by atoms with van der Waals surface area (Å²) in [5.74, 6) is 0.780. The first-order valence-electron chi connectivity index (χ1n) is 7.14. The highest BCUT2D eigenvalue weighted by atomic mass is 35.5. The van der Waals surface area contributed by atoms with Gasteiger partial charge in [0, 0.05) is 30.7 Å². The van der Waals surface area contributed by atoms with Crippen molar-refractivity contribution in [2.24, 2.45) is 0 Å². The molecule has 0 aromatic carbocycles. The highest BCUT2D eigenvalue weighted by molar-refractivity contribution is 7.99. The van der Waals surface area contributed by atoms with Crippen molar-refractivity contribution in [2.45, 2.75) is 23.1 Å². The minimum Gasteiger partial charge on any atom is -0.355 e. The molecule has 0 N–H and O–H groups in total. The van der Waals surface area contributed by atoms with Crippen molar-refractivity contribution in [3.8, 4) is 6.07 Å². The molecule has 3 heterocycles. The summed E-state index contributed by atoms with van der Waals surface area (Å²) < 4.78 is 0. The third-order valence-corrected chi connectivity index (χ3v) is 5.18. The molecule has 2 aromatic heterocycles. The lowest BCUT2D eigenvalue weighted by atomic mass is 10.1. The van der Waals surface area contributed by atoms with E-state index in [1.807, 2.05) is 30.1 Å². The van der Waals surface area contributed by atoms with Gasteiger partial charge in [-0.05, 0) is 31.0 Å². The Morgan fingerprint density at radius 1 is 1.27 bits per heavy atom. The Balaban J connectivity index is 1.61. The molecule has 1 fully saturated rings. The van der Waals surface area contributed by atoms with E-state index in [1.54, 1.807) is 12.3 Å². The Morgan fingerprint density at radius 3 is 2.73 bits per heavy atom. The number of pyridine rings is 2. The normalized spacial score (nSPS) is 15.5. The van der Waals surface area contributed by atoms with Crippen LogP contribution in [0.2, 0.25) is 5.02 Å². The molecule has 0 radical (unpaired) electrons. The van der Waals surface area contributed by atoms with E-state index in [-0.39, 0.29) is 0 Å². The monoisotopic (exact) mass is 330 g/mol. The third-order valence-electron chi connectivity index (χ3n) is 3.62. The highest BCUT2D eigenvalue weighted by Gasteiger charge is 2.22. The summed E-state index contributed by atoms with van der Waals surface area (Å²) in [6, 6.07) is 9.74. The van der Waals surface area contributed by atoms with Crippen LogP contribution in [0.15, 0.2) is 41.7 Å². The minimum atomic E-state index is 0.495. The number of aromatic nitrogens is 2. The molecule has 2 aromatic rings. The molecule has 0 bridgehead atoms. The fraction of sp³-hybridized carbons (Fsp3) is 0.312. The van der Waals surface area contributed by atoms with Crippen molar-refractivity contribution >= 4 is 29.2 Å². The smallest absolute Gasteiger partial charge is 0.147 e. The van der Waals surface area contributed by atoms with Gasteiger partial charge in [-0.1, -0.05) is 17.7 Å². The fourth-order valence-electron chi connectivity index (χ4n) is 2.50. The number of nitrogens with zero attached hydrogens (tertiary/aromatic N) is 4. The van der Waals surface area contributed by atoms with Crippen LogP contribution in [0.4, 0.5) is 5.82 Å². The molecule has 1 aliphatic heterocycles. The molecule has 112 valence electrons. The zero-order chi connectivity index (χ0) is 15.4. The van der Waals surface area contributed by atoms with E-state index in [9.17, 15) is 0 Å². The van der Waals surface area contributed by atoms with Gasteiger partial charge in [-0.2, -0.15) is 5.26 Å². The van der Waals surface area contributed by atoms with Crippen LogP contribution in [0.3, 0.4) is 0 Å². The number of halogens is 1. The second kappa shape index (κ2) is 6.99. The van der Waals surface area contributed by atoms with Crippen LogP contribution >= 0.6 is 23.4 Å². The predicted molar refractivity (Wildman–Crippen MR) is 89.3 cm³/mol. The maximum Gasteiger partial charge on any atom is 0.147 e. The van der Waals surface area contributed by atoms with Gasteiger partial charge in [0.15, 0.2) is 0 Å². The number of thioether (sulfide) groups is 1. The first-order valence-corrected chi connectivity index (χ1v) is 8.40. The van der Waals surface area contributed by atoms with Crippen LogP contribution < -0.4 is 4.90 Å². The summed E-state index contributed by atoms with van der Waals surface area (Å²) in [7, 11) is 0. The Bertz CT molecular complexity index is 678. The summed E-state index contributed by atoms with van der Waals surface area (Å²) in [5, 5.41) is 11.1. The van der Waals surface area contributed by atoms with Crippen LogP contribution in [0.5, 0.6) is 0 Å². The number of nitriles is 1. The number of hydrogen-bond acceptors (Lipinski definition) is 5. The van der Waals surface area contributed by atoms with Crippen molar-refractivity contribution in [3.63, 3.8) is 0 Å². The van der Waals surface area contributed by atoms with Gasteiger partial charge in [-0.3, -0.25) is 0 Å². The molecule has 1 aliphatic rings. The Hall–Kier alpha value is -1.77. The first-order chi connectivity index (χ1) is 10.8. The number of rotatable bonds is 3. The number of piperidine rings is 1. The molecule has 22 heavy (non-hydrogen) atoms. The molecule has 0 unspecified atom stereocenters. The molecular weight excluding hydrogens is 316 g/mol. The third kappa shape index (κ3) is 3.52. The van der Waals surface area contributed by atoms with E-state index in [1.165, 1.54) is 0 Å². The van der Waals surface area contributed by atoms with Gasteiger partial charge in [0.25, 0.3) is 0 Å². The molecule has 0 saturated carbocycles. The summed E-state index contributed by atoms with van der Waals surface area (Å²) >= 11 is 8.07. The van der Waals surface area contributed by atoms with E-state index in [4.69, 9.17) is 16.9 Å². The molecule has 4 nitrogen and oxygen atoms in total. The second-order valence-corrected chi connectivity index (χ2v) is 6.84. The van der Waals surface area contributed by atoms with Crippen LogP contribution in [0.25, 0.3) is 0 Å². The SMILES string of the molecule is N#Cc1cnc(N2CCC(Sc3ccccn3)CC2)c(Cl)c1. The zero-order valence-corrected chi connectivity index (χ0v) is 13.5. The van der Waals surface area contributed by atoms with E-state index in [2.05, 4.69) is 27.0 Å². The maximum atomic E-state index is 8.87. The van der Waals surface area contributed by atoms with Gasteiger partial charge in [0.2, 0.25) is 0 Å². The van der Waals surface area contributed by atoms with Gasteiger partial charge >= 0.3 is 0 Å². The summed E-state index contributed by atoms with van der Waals surface area (Å²) in [4.78, 5) is 10.9. The predicted octanol–water partition coefficient (Wildman–Crippen LogP) is 3.76. The second-order valence-electron chi connectivity index (χ2n) is 5.11. The standard InChI is InChI=1S/C16H15ClN4S/c17-14-9-12(10-18)11-20-16(14)21-7-4-13(5-8-21)22-15-3-1-2-6-19-15/h1-3,6,9,11,13H,4-5,7-8H2. The fourth-order valence-corrected chi connectivity index (χ4v) is 3.85. The van der Waals surface area contributed by atoms with Crippen LogP contribution in [0, 0.1) is 11.3 Å². The van der Waals surface area contributed by atoms with Gasteiger partial charge < -0.3 is 4.90 Å². The largest absolute Gasteiger partial charge is 0.355 e. The van der Waals surface area contributed by atoms with Crippen molar-refractivity contribution in [1.82, 2.24) is 9.97 Å². The average Bonchev–Trinajstić information content (AvgIpc) is 2.56. The molecule has 0 amide bonds. The Kier molecular flexibility index (Phi) is 4.81. The highest BCUT2D eigenvalue weighted by Crippen LogP contribution is 2.32. The van der Waals surface area contributed by atoms with Gasteiger partial charge in [0.1, 0.15) is 11.9 Å². The maximum absolute atomic E-state index is 8.87. The zero-order valence-electron chi connectivity index (χ0n) is 11.9. The van der Waals surface area contributed by atoms with Gasteiger partial charge in [0.05, 0.1) is 15.6 Å². The van der Waals surface area contributed by atoms with E-state index in [0.29, 0.717) is 15.8 Å². The number of hydrogen-bond donors (Lipinski definition) is 0. The minimum absolute atomic E-state index is 0.495. The van der Waals surface area contributed by atoms with E-state index in [0.717, 1.165) is 36.8 Å². The first kappa shape index (κ1) is 15.1. The number of anilines is 1. The topological polar surface area (TPSA) is 52.8 Å². The Morgan fingerprint density at radius 2 is 2.09 bits per heavy atom. The lowest BCUT2D eigenvalue weighted by molar-refractivity contribution is 0.586. The van der Waals surface area contributed by atoms with E-state index < -0.39 is 0 Å². The lowest BCUT2D eigenvalue weighted by Crippen LogP contribution is -2.35. The van der Waals surface area contributed by atoms with Crippen molar-refractivity contribution in [3.05, 3.63) is 47.2 Å². The summed E-state index contributed by atoms with van der Waals surface area (Å²) in [5.41, 5.74) is 0.495. The van der Waals surface area contributed by atoms with Crippen LogP contribution in [-0.4, -0.2) is 28.3 Å². The molecule has 1 saturated heterocycles. The molecular formula is C16H15ClN4S. The molecule has 3 rings (SSSR count). The summed E-state index contributed by atoms with van der Waals surface area (Å²) in [6.45, 7) is 1.84. The van der Waals surface area contributed by atoms with E-state index >= 15 is 0 Å². The molecule has 0 aliphatic carbocycles. The van der Waals surface area contributed by atoms with Crippen molar-refractivity contribution in [1.29, 1.82) is 5.26 Å². The van der Waals surface area contributed by atoms with Crippen LogP contribution in [0.1, 0.15) is 18.4 Å². The average molecular weight is 331 g/mol. The Labute approximate surface area is 139 Å². The van der Waals surface area contributed by atoms with Gasteiger partial charge in [-0.25, -0.2) is 9.97 Å². The van der Waals surface area contributed by atoms with Gasteiger partial charge in [-0.15, -0.1) is 11.8 Å². The lowest BCUT2D eigenvalue weighted by Gasteiger charge is -2.32. The quantitative estimate of drug-likeness (QED) is 0.857. The van der Waals surface area contributed by atoms with Crippen molar-refractivity contribution < 1.29 is 0 Å². The van der Waals surface area contributed by atoms with Crippen molar-refractivity contribution in [2.75, 3.05) is 18.0 Å². The van der Waals surface area contributed by atoms with Crippen LogP contribution in [-0.2, 0) is 0 Å². The summed E-state index contributed by atoms with van der Waals surface area (Å²) in [6.07, 6.45) is 5.55.